The Morgan fingerprint density at radius 2 is 2.05 bits per heavy atom. The number of nitrogens with zero attached hydrogens (tertiary/aromatic N) is 1. The number of likely N-dealkylation sites (N-methyl/N-ethyl adjacent to an activating group) is 1. The maximum atomic E-state index is 12.2. The molecule has 0 radical (unpaired) electrons. The molecule has 2 N–H and O–H groups in total. The summed E-state index contributed by atoms with van der Waals surface area (Å²) in [5, 5.41) is 4.64. The monoisotopic (exact) mass is 311 g/mol. The third-order valence-electron chi connectivity index (χ3n) is 3.35. The van der Waals surface area contributed by atoms with Crippen molar-refractivity contribution in [2.45, 2.75) is 20.3 Å². The van der Waals surface area contributed by atoms with Crippen LogP contribution < -0.4 is 10.7 Å². The fourth-order valence-electron chi connectivity index (χ4n) is 2.07. The zero-order valence-electron chi connectivity index (χ0n) is 13.8. The molecule has 6 heteroatoms. The van der Waals surface area contributed by atoms with Crippen LogP contribution in [0, 0.1) is 13.8 Å². The summed E-state index contributed by atoms with van der Waals surface area (Å²) < 4.78 is 17.2. The highest BCUT2D eigenvalue weighted by molar-refractivity contribution is 5.96. The first-order valence-electron chi connectivity index (χ1n) is 7.41. The van der Waals surface area contributed by atoms with E-state index in [1.54, 1.807) is 7.11 Å². The summed E-state index contributed by atoms with van der Waals surface area (Å²) in [5.41, 5.74) is 6.69. The van der Waals surface area contributed by atoms with Crippen LogP contribution in [0.2, 0.25) is 0 Å². The molecule has 1 amide bonds. The molecular formula is C16H26FN3O2. The van der Waals surface area contributed by atoms with E-state index in [2.05, 4.69) is 10.7 Å². The van der Waals surface area contributed by atoms with E-state index in [1.807, 2.05) is 38.0 Å². The summed E-state index contributed by atoms with van der Waals surface area (Å²) in [6.07, 6.45) is 0.335. The van der Waals surface area contributed by atoms with Crippen molar-refractivity contribution in [3.8, 4) is 0 Å². The lowest BCUT2D eigenvalue weighted by Gasteiger charge is -2.21. The van der Waals surface area contributed by atoms with Gasteiger partial charge in [-0.15, -0.1) is 0 Å². The number of carbonyl (C=O) groups excluding carboxylic acids is 1. The minimum absolute atomic E-state index is 0.173. The van der Waals surface area contributed by atoms with Crippen LogP contribution >= 0.6 is 0 Å². The molecule has 0 aliphatic rings. The average Bonchev–Trinajstić information content (AvgIpc) is 2.48. The normalized spacial score (nSPS) is 10.8. The first-order chi connectivity index (χ1) is 10.5. The molecule has 0 aliphatic carbocycles. The summed E-state index contributed by atoms with van der Waals surface area (Å²) in [6, 6.07) is 3.80. The summed E-state index contributed by atoms with van der Waals surface area (Å²) in [7, 11) is 3.57. The lowest BCUT2D eigenvalue weighted by Crippen LogP contribution is -2.30. The first kappa shape index (κ1) is 18.4. The number of methoxy groups -OCH3 is 1. The fourth-order valence-corrected chi connectivity index (χ4v) is 2.07. The zero-order valence-corrected chi connectivity index (χ0v) is 13.8. The van der Waals surface area contributed by atoms with Gasteiger partial charge in [0.15, 0.2) is 0 Å². The molecule has 0 aliphatic heterocycles. The Morgan fingerprint density at radius 3 is 2.68 bits per heavy atom. The molecule has 0 aromatic heterocycles. The number of hydrogen-bond acceptors (Lipinski definition) is 4. The number of hydrogen-bond donors (Lipinski definition) is 2. The average molecular weight is 311 g/mol. The highest BCUT2D eigenvalue weighted by atomic mass is 19.1. The molecule has 124 valence electrons. The second-order valence-corrected chi connectivity index (χ2v) is 5.31. The van der Waals surface area contributed by atoms with E-state index >= 15 is 0 Å². The van der Waals surface area contributed by atoms with Gasteiger partial charge in [0.2, 0.25) is 0 Å². The largest absolute Gasteiger partial charge is 0.383 e. The van der Waals surface area contributed by atoms with Gasteiger partial charge in [-0.2, -0.15) is 0 Å². The van der Waals surface area contributed by atoms with E-state index in [0.29, 0.717) is 25.1 Å². The Labute approximate surface area is 131 Å². The molecule has 1 aromatic carbocycles. The minimum atomic E-state index is -0.426. The Kier molecular flexibility index (Phi) is 7.84. The lowest BCUT2D eigenvalue weighted by molar-refractivity contribution is 0.0952. The number of aryl methyl sites for hydroxylation is 2. The second-order valence-electron chi connectivity index (χ2n) is 5.31. The second kappa shape index (κ2) is 9.38. The molecule has 0 unspecified atom stereocenters. The van der Waals surface area contributed by atoms with Gasteiger partial charge in [-0.1, -0.05) is 6.07 Å². The maximum absolute atomic E-state index is 12.2. The van der Waals surface area contributed by atoms with Crippen LogP contribution in [0.1, 0.15) is 27.9 Å². The van der Waals surface area contributed by atoms with Crippen LogP contribution in [0.15, 0.2) is 12.1 Å². The van der Waals surface area contributed by atoms with Crippen LogP contribution in [0.3, 0.4) is 0 Å². The molecule has 22 heavy (non-hydrogen) atoms. The molecule has 1 aromatic rings. The molecular weight excluding hydrogens is 285 g/mol. The number of amides is 1. The Morgan fingerprint density at radius 1 is 1.32 bits per heavy atom. The summed E-state index contributed by atoms with van der Waals surface area (Å²) >= 11 is 0. The van der Waals surface area contributed by atoms with E-state index in [9.17, 15) is 9.18 Å². The highest BCUT2D eigenvalue weighted by Crippen LogP contribution is 2.21. The molecule has 0 saturated heterocycles. The number of ether oxygens (including phenoxy) is 1. The Hall–Kier alpha value is -1.66. The number of anilines is 1. The van der Waals surface area contributed by atoms with Crippen LogP contribution in [0.4, 0.5) is 10.1 Å². The van der Waals surface area contributed by atoms with E-state index in [1.165, 1.54) is 0 Å². The number of nitrogens with one attached hydrogen (secondary N) is 2. The third kappa shape index (κ3) is 5.61. The Balaban J connectivity index is 2.82. The maximum Gasteiger partial charge on any atom is 0.251 e. The summed E-state index contributed by atoms with van der Waals surface area (Å²) in [5.74, 6) is -0.173. The topological polar surface area (TPSA) is 53.6 Å². The molecule has 0 fully saturated rings. The number of hydrazine groups is 1. The van der Waals surface area contributed by atoms with Crippen molar-refractivity contribution in [3.63, 3.8) is 0 Å². The predicted molar refractivity (Wildman–Crippen MR) is 87.0 cm³/mol. The van der Waals surface area contributed by atoms with E-state index in [4.69, 9.17) is 4.74 Å². The summed E-state index contributed by atoms with van der Waals surface area (Å²) in [4.78, 5) is 12.2. The van der Waals surface area contributed by atoms with Gasteiger partial charge >= 0.3 is 0 Å². The summed E-state index contributed by atoms with van der Waals surface area (Å²) in [6.45, 7) is 5.15. The van der Waals surface area contributed by atoms with E-state index in [-0.39, 0.29) is 5.91 Å². The zero-order chi connectivity index (χ0) is 16.5. The van der Waals surface area contributed by atoms with Crippen LogP contribution in [-0.4, -0.2) is 51.4 Å². The number of alkyl halides is 1. The SMILES string of the molecule is COCCN(C)Nc1cc(C(=O)NCCCF)c(C)cc1C. The number of rotatable bonds is 9. The molecule has 0 saturated carbocycles. The number of halogens is 1. The molecule has 0 spiro atoms. The first-order valence-corrected chi connectivity index (χ1v) is 7.41. The van der Waals surface area contributed by atoms with Crippen molar-refractivity contribution in [2.24, 2.45) is 0 Å². The van der Waals surface area contributed by atoms with Crippen LogP contribution in [0.25, 0.3) is 0 Å². The van der Waals surface area contributed by atoms with Gasteiger partial charge in [-0.3, -0.25) is 9.18 Å². The van der Waals surface area contributed by atoms with Crippen molar-refractivity contribution in [1.29, 1.82) is 0 Å². The lowest BCUT2D eigenvalue weighted by atomic mass is 10.0. The standard InChI is InChI=1S/C16H26FN3O2/c1-12-10-13(2)15(19-20(3)8-9-22-4)11-14(12)16(21)18-7-5-6-17/h10-11,19H,5-9H2,1-4H3,(H,18,21). The quantitative estimate of drug-likeness (QED) is 0.543. The molecule has 0 atom stereocenters. The highest BCUT2D eigenvalue weighted by Gasteiger charge is 2.12. The van der Waals surface area contributed by atoms with Gasteiger partial charge in [0.25, 0.3) is 5.91 Å². The van der Waals surface area contributed by atoms with Gasteiger partial charge in [0.1, 0.15) is 0 Å². The minimum Gasteiger partial charge on any atom is -0.383 e. The van der Waals surface area contributed by atoms with Crippen LogP contribution in [0.5, 0.6) is 0 Å². The van der Waals surface area contributed by atoms with Crippen molar-refractivity contribution in [2.75, 3.05) is 46.0 Å². The predicted octanol–water partition coefficient (Wildman–Crippen LogP) is 2.30. The molecule has 0 bridgehead atoms. The smallest absolute Gasteiger partial charge is 0.251 e. The van der Waals surface area contributed by atoms with Crippen molar-refractivity contribution < 1.29 is 13.9 Å². The molecule has 0 heterocycles. The van der Waals surface area contributed by atoms with Crippen molar-refractivity contribution in [1.82, 2.24) is 10.3 Å². The van der Waals surface area contributed by atoms with Crippen LogP contribution in [-0.2, 0) is 4.74 Å². The van der Waals surface area contributed by atoms with Gasteiger partial charge in [0.05, 0.1) is 19.0 Å². The van der Waals surface area contributed by atoms with Gasteiger partial charge in [0, 0.05) is 32.8 Å². The van der Waals surface area contributed by atoms with Gasteiger partial charge in [-0.25, -0.2) is 5.01 Å². The fraction of sp³-hybridized carbons (Fsp3) is 0.562. The van der Waals surface area contributed by atoms with E-state index in [0.717, 1.165) is 23.4 Å². The Bertz CT molecular complexity index is 495. The number of benzene rings is 1. The van der Waals surface area contributed by atoms with Gasteiger partial charge < -0.3 is 15.5 Å². The van der Waals surface area contributed by atoms with Crippen molar-refractivity contribution >= 4 is 11.6 Å². The van der Waals surface area contributed by atoms with Gasteiger partial charge in [-0.05, 0) is 37.5 Å². The molecule has 1 rings (SSSR count). The third-order valence-corrected chi connectivity index (χ3v) is 3.35. The van der Waals surface area contributed by atoms with E-state index < -0.39 is 6.67 Å². The van der Waals surface area contributed by atoms with Crippen molar-refractivity contribution in [3.05, 3.63) is 28.8 Å². The number of carbonyl (C=O) groups is 1. The molecule has 5 nitrogen and oxygen atoms in total.